The number of anilines is 1. The summed E-state index contributed by atoms with van der Waals surface area (Å²) in [4.78, 5) is 23.6. The second-order valence-electron chi connectivity index (χ2n) is 5.11. The lowest BCUT2D eigenvalue weighted by Gasteiger charge is -2.12. The number of nitrogens with zero attached hydrogens (tertiary/aromatic N) is 1. The fraction of sp³-hybridized carbons (Fsp3) is 0.333. The molecule has 0 saturated heterocycles. The summed E-state index contributed by atoms with van der Waals surface area (Å²) in [5.41, 5.74) is -1.27. The number of aryl methyl sites for hydroxylation is 1. The zero-order valence-electron chi connectivity index (χ0n) is 11.6. The third kappa shape index (κ3) is 3.43. The van der Waals surface area contributed by atoms with Gasteiger partial charge in [-0.1, -0.05) is 0 Å². The Labute approximate surface area is 124 Å². The summed E-state index contributed by atoms with van der Waals surface area (Å²) < 4.78 is 37.9. The van der Waals surface area contributed by atoms with Crippen molar-refractivity contribution in [3.63, 3.8) is 0 Å². The molecule has 0 atom stereocenters. The fourth-order valence-electron chi connectivity index (χ4n) is 2.02. The van der Waals surface area contributed by atoms with Crippen LogP contribution in [0.25, 0.3) is 5.41 Å². The lowest BCUT2D eigenvalue weighted by atomic mass is 10.1. The van der Waals surface area contributed by atoms with E-state index in [1.54, 1.807) is 5.87 Å². The summed E-state index contributed by atoms with van der Waals surface area (Å²) in [7, 11) is 0. The first kappa shape index (κ1) is 16.0. The summed E-state index contributed by atoms with van der Waals surface area (Å²) in [6, 6.07) is 3.08. The maximum absolute atomic E-state index is 12.6. The van der Waals surface area contributed by atoms with Crippen LogP contribution in [0.5, 0.6) is 0 Å². The number of carbonyl (C=O) groups is 2. The van der Waals surface area contributed by atoms with Crippen molar-refractivity contribution in [3.8, 4) is 0 Å². The molecule has 1 aromatic carbocycles. The molecule has 0 heterocycles. The smallest absolute Gasteiger partial charge is 0.416 e. The van der Waals surface area contributed by atoms with Gasteiger partial charge in [-0.25, -0.2) is 0 Å². The van der Waals surface area contributed by atoms with E-state index in [2.05, 4.69) is 5.32 Å². The van der Waals surface area contributed by atoms with Crippen LogP contribution in [0.3, 0.4) is 0 Å². The summed E-state index contributed by atoms with van der Waals surface area (Å²) in [5, 5.41) is 11.2. The largest absolute Gasteiger partial charge is 0.763 e. The normalized spacial score (nSPS) is 14.2. The van der Waals surface area contributed by atoms with Crippen LogP contribution in [0, 0.1) is 12.8 Å². The average molecular weight is 309 g/mol. The number of hydrogen-bond acceptors (Lipinski definition) is 2. The Morgan fingerprint density at radius 1 is 1.32 bits per heavy atom. The predicted molar refractivity (Wildman–Crippen MR) is 74.4 cm³/mol. The zero-order valence-corrected chi connectivity index (χ0v) is 11.6. The van der Waals surface area contributed by atoms with E-state index >= 15 is 0 Å². The maximum atomic E-state index is 12.6. The Bertz CT molecular complexity index is 685. The Morgan fingerprint density at radius 3 is 2.41 bits per heavy atom. The number of benzene rings is 1. The number of Topliss-reactive ketones (excluding diaryl/α,β-unsaturated/α-hetero) is 1. The summed E-state index contributed by atoms with van der Waals surface area (Å²) in [6.45, 7) is 1.27. The fourth-order valence-corrected chi connectivity index (χ4v) is 2.02. The molecule has 0 bridgehead atoms. The van der Waals surface area contributed by atoms with Crippen LogP contribution in [-0.4, -0.2) is 17.6 Å². The molecule has 0 spiro atoms. The molecule has 7 heteroatoms. The molecule has 1 aromatic rings. The van der Waals surface area contributed by atoms with E-state index in [0.29, 0.717) is 12.8 Å². The molecular weight excluding hydrogens is 297 g/mol. The summed E-state index contributed by atoms with van der Waals surface area (Å²) >= 11 is 0. The molecule has 1 aliphatic carbocycles. The van der Waals surface area contributed by atoms with E-state index in [1.807, 2.05) is 0 Å². The molecule has 4 nitrogen and oxygen atoms in total. The molecule has 22 heavy (non-hydrogen) atoms. The highest BCUT2D eigenvalue weighted by Crippen LogP contribution is 2.34. The molecule has 0 aromatic heterocycles. The minimum Gasteiger partial charge on any atom is -0.763 e. The Hall–Kier alpha value is -2.40. The van der Waals surface area contributed by atoms with Gasteiger partial charge in [0.2, 0.25) is 0 Å². The second-order valence-corrected chi connectivity index (χ2v) is 5.11. The van der Waals surface area contributed by atoms with E-state index in [9.17, 15) is 22.8 Å². The first-order valence-corrected chi connectivity index (χ1v) is 6.54. The molecule has 116 valence electrons. The molecule has 1 fully saturated rings. The van der Waals surface area contributed by atoms with Crippen LogP contribution >= 0.6 is 0 Å². The third-order valence-electron chi connectivity index (χ3n) is 3.32. The van der Waals surface area contributed by atoms with Gasteiger partial charge in [0, 0.05) is 11.6 Å². The maximum Gasteiger partial charge on any atom is 0.416 e. The predicted octanol–water partition coefficient (Wildman–Crippen LogP) is 3.10. The monoisotopic (exact) mass is 309 g/mol. The first-order valence-electron chi connectivity index (χ1n) is 6.54. The quantitative estimate of drug-likeness (QED) is 0.402. The van der Waals surface area contributed by atoms with E-state index in [4.69, 9.17) is 5.41 Å². The van der Waals surface area contributed by atoms with Crippen molar-refractivity contribution in [1.29, 1.82) is 0 Å². The topological polar surface area (TPSA) is 68.5 Å². The number of amides is 1. The molecule has 1 N–H and O–H groups in total. The van der Waals surface area contributed by atoms with Gasteiger partial charge in [0.1, 0.15) is 5.57 Å². The molecule has 2 rings (SSSR count). The van der Waals surface area contributed by atoms with E-state index < -0.39 is 29.0 Å². The van der Waals surface area contributed by atoms with Crippen LogP contribution in [0.15, 0.2) is 23.8 Å². The van der Waals surface area contributed by atoms with Gasteiger partial charge in [0.05, 0.1) is 5.56 Å². The van der Waals surface area contributed by atoms with Gasteiger partial charge in [-0.3, -0.25) is 15.5 Å². The van der Waals surface area contributed by atoms with Gasteiger partial charge in [-0.2, -0.15) is 13.2 Å². The van der Waals surface area contributed by atoms with E-state index in [0.717, 1.165) is 18.2 Å². The van der Waals surface area contributed by atoms with Gasteiger partial charge >= 0.3 is 6.18 Å². The minimum absolute atomic E-state index is 0.0580. The molecule has 1 aliphatic rings. The van der Waals surface area contributed by atoms with Crippen molar-refractivity contribution in [2.45, 2.75) is 25.9 Å². The van der Waals surface area contributed by atoms with Gasteiger partial charge in [0.15, 0.2) is 5.78 Å². The van der Waals surface area contributed by atoms with Crippen molar-refractivity contribution < 1.29 is 22.8 Å². The van der Waals surface area contributed by atoms with Gasteiger partial charge < -0.3 is 10.7 Å². The summed E-state index contributed by atoms with van der Waals surface area (Å²) in [5.74, 6) is -0.115. The second kappa shape index (κ2) is 5.77. The van der Waals surface area contributed by atoms with Crippen LogP contribution in [0.2, 0.25) is 0 Å². The van der Waals surface area contributed by atoms with Crippen molar-refractivity contribution >= 4 is 23.2 Å². The van der Waals surface area contributed by atoms with Crippen LogP contribution in [0.1, 0.15) is 24.0 Å². The molecule has 0 unspecified atom stereocenters. The van der Waals surface area contributed by atoms with Gasteiger partial charge in [-0.05, 0) is 43.5 Å². The zero-order chi connectivity index (χ0) is 16.5. The van der Waals surface area contributed by atoms with Gasteiger partial charge in [-0.15, -0.1) is 0 Å². The average Bonchev–Trinajstić information content (AvgIpc) is 3.21. The first-order chi connectivity index (χ1) is 10.2. The number of hydrogen-bond donors (Lipinski definition) is 1. The van der Waals surface area contributed by atoms with Crippen molar-refractivity contribution in [2.24, 2.45) is 5.92 Å². The highest BCUT2D eigenvalue weighted by Gasteiger charge is 2.34. The Morgan fingerprint density at radius 2 is 1.95 bits per heavy atom. The molecule has 0 radical (unpaired) electrons. The minimum atomic E-state index is -4.47. The standard InChI is InChI=1S/C15H12F3N2O2/c1-8-6-10(4-5-12(8)15(16,17)18)20-14(22)11(7-19)13(21)9-2-3-9/h4-6,9H,2-3H2,1H3,(H,20,22)/q-1. The van der Waals surface area contributed by atoms with Crippen LogP contribution in [0.4, 0.5) is 18.9 Å². The highest BCUT2D eigenvalue weighted by molar-refractivity contribution is 6.30. The van der Waals surface area contributed by atoms with E-state index in [1.165, 1.54) is 6.92 Å². The van der Waals surface area contributed by atoms with Crippen molar-refractivity contribution in [3.05, 3.63) is 40.3 Å². The number of carbonyl (C=O) groups excluding carboxylic acids is 2. The number of alkyl halides is 3. The van der Waals surface area contributed by atoms with E-state index in [-0.39, 0.29) is 17.2 Å². The van der Waals surface area contributed by atoms with Crippen molar-refractivity contribution in [1.82, 2.24) is 0 Å². The molecule has 1 saturated carbocycles. The summed E-state index contributed by atoms with van der Waals surface area (Å²) in [6.07, 6.45) is -3.17. The molecule has 1 amide bonds. The highest BCUT2D eigenvalue weighted by atomic mass is 19.4. The lowest BCUT2D eigenvalue weighted by molar-refractivity contribution is -0.138. The number of ketones is 1. The molecule has 0 aliphatic heterocycles. The lowest BCUT2D eigenvalue weighted by Crippen LogP contribution is -2.22. The van der Waals surface area contributed by atoms with Crippen LogP contribution in [-0.2, 0) is 15.8 Å². The Kier molecular flexibility index (Phi) is 4.19. The van der Waals surface area contributed by atoms with Crippen LogP contribution < -0.4 is 5.32 Å². The number of halogens is 3. The van der Waals surface area contributed by atoms with Gasteiger partial charge in [0.25, 0.3) is 5.91 Å². The SMILES string of the molecule is Cc1cc(NC(=O)C(=C=[N-])C(=O)C2CC2)ccc1C(F)(F)F. The molecular formula is C15H12F3N2O2-. The number of nitrogens with one attached hydrogen (secondary N) is 1. The number of rotatable bonds is 4. The third-order valence-corrected chi connectivity index (χ3v) is 3.32. The Balaban J connectivity index is 2.16. The van der Waals surface area contributed by atoms with Crippen molar-refractivity contribution in [2.75, 3.05) is 5.32 Å².